The molecule has 110 valence electrons. The monoisotopic (exact) mass is 298 g/mol. The van der Waals surface area contributed by atoms with E-state index in [9.17, 15) is 9.59 Å². The van der Waals surface area contributed by atoms with Crippen molar-refractivity contribution >= 4 is 29.2 Å². The molecule has 0 aliphatic heterocycles. The Hall–Kier alpha value is -1.59. The summed E-state index contributed by atoms with van der Waals surface area (Å²) in [5, 5.41) is 11.8. The summed E-state index contributed by atoms with van der Waals surface area (Å²) in [6.45, 7) is 4.21. The number of hydrogen-bond acceptors (Lipinski definition) is 3. The van der Waals surface area contributed by atoms with Gasteiger partial charge in [-0.15, -0.1) is 0 Å². The number of nitrogens with one attached hydrogen (secondary N) is 1. The van der Waals surface area contributed by atoms with Crippen molar-refractivity contribution in [1.29, 1.82) is 0 Å². The molecule has 1 amide bonds. The Morgan fingerprint density at radius 3 is 2.55 bits per heavy atom. The molecule has 20 heavy (non-hydrogen) atoms. The van der Waals surface area contributed by atoms with Gasteiger partial charge in [-0.2, -0.15) is 0 Å². The van der Waals surface area contributed by atoms with Gasteiger partial charge < -0.3 is 16.2 Å². The number of hydrogen-bond donors (Lipinski definition) is 3. The summed E-state index contributed by atoms with van der Waals surface area (Å²) in [6.07, 6.45) is 0.644. The number of carboxylic acid groups (broad SMARTS) is 1. The van der Waals surface area contributed by atoms with Crippen molar-refractivity contribution < 1.29 is 14.7 Å². The Bertz CT molecular complexity index is 503. The van der Waals surface area contributed by atoms with E-state index in [1.165, 1.54) is 12.1 Å². The van der Waals surface area contributed by atoms with Gasteiger partial charge in [0.1, 0.15) is 5.56 Å². The van der Waals surface area contributed by atoms with Crippen LogP contribution in [-0.2, 0) is 4.79 Å². The fourth-order valence-electron chi connectivity index (χ4n) is 1.96. The van der Waals surface area contributed by atoms with Gasteiger partial charge in [-0.05, 0) is 24.5 Å². The van der Waals surface area contributed by atoms with Gasteiger partial charge in [-0.1, -0.05) is 31.5 Å². The van der Waals surface area contributed by atoms with Crippen LogP contribution in [0.15, 0.2) is 18.2 Å². The summed E-state index contributed by atoms with van der Waals surface area (Å²) in [7, 11) is 0. The lowest BCUT2D eigenvalue weighted by molar-refractivity contribution is -0.120. The number of rotatable bonds is 6. The smallest absolute Gasteiger partial charge is 0.339 e. The summed E-state index contributed by atoms with van der Waals surface area (Å²) in [4.78, 5) is 23.3. The van der Waals surface area contributed by atoms with Crippen LogP contribution in [0, 0.1) is 11.8 Å². The van der Waals surface area contributed by atoms with Gasteiger partial charge in [0, 0.05) is 6.54 Å². The molecule has 0 saturated heterocycles. The van der Waals surface area contributed by atoms with E-state index < -0.39 is 5.97 Å². The summed E-state index contributed by atoms with van der Waals surface area (Å²) >= 11 is 5.85. The first-order valence-electron chi connectivity index (χ1n) is 6.39. The van der Waals surface area contributed by atoms with Crippen LogP contribution in [0.25, 0.3) is 0 Å². The average Bonchev–Trinajstić information content (AvgIpc) is 2.35. The number of carbonyl (C=O) groups excluding carboxylic acids is 1. The first-order chi connectivity index (χ1) is 9.36. The van der Waals surface area contributed by atoms with Crippen LogP contribution >= 0.6 is 11.6 Å². The molecular formula is C14H19ClN2O3. The zero-order valence-corrected chi connectivity index (χ0v) is 12.3. The molecule has 0 aromatic heterocycles. The molecule has 0 radical (unpaired) electrons. The molecule has 1 aromatic rings. The summed E-state index contributed by atoms with van der Waals surface area (Å²) < 4.78 is 0. The first-order valence-corrected chi connectivity index (χ1v) is 6.77. The van der Waals surface area contributed by atoms with E-state index in [1.807, 2.05) is 13.8 Å². The van der Waals surface area contributed by atoms with E-state index in [0.29, 0.717) is 12.3 Å². The molecule has 0 saturated carbocycles. The summed E-state index contributed by atoms with van der Waals surface area (Å²) in [5.41, 5.74) is 5.68. The highest BCUT2D eigenvalue weighted by molar-refractivity contribution is 6.34. The average molecular weight is 299 g/mol. The second-order valence-electron chi connectivity index (χ2n) is 5.02. The molecule has 0 spiro atoms. The normalized spacial score (nSPS) is 12.2. The zero-order chi connectivity index (χ0) is 15.3. The third-order valence-electron chi connectivity index (χ3n) is 2.90. The fraction of sp³-hybridized carbons (Fsp3) is 0.429. The Kier molecular flexibility index (Phi) is 5.98. The number of amides is 1. The lowest BCUT2D eigenvalue weighted by Gasteiger charge is -2.18. The van der Waals surface area contributed by atoms with E-state index >= 15 is 0 Å². The van der Waals surface area contributed by atoms with Crippen LogP contribution in [0.2, 0.25) is 5.02 Å². The SMILES string of the molecule is CC(C)CC(CN)C(=O)Nc1cccc(Cl)c1C(=O)O. The van der Waals surface area contributed by atoms with Crippen LogP contribution in [-0.4, -0.2) is 23.5 Å². The molecule has 5 nitrogen and oxygen atoms in total. The highest BCUT2D eigenvalue weighted by Gasteiger charge is 2.21. The fourth-order valence-corrected chi connectivity index (χ4v) is 2.22. The minimum atomic E-state index is -1.18. The zero-order valence-electron chi connectivity index (χ0n) is 11.5. The number of anilines is 1. The number of nitrogens with two attached hydrogens (primary N) is 1. The molecule has 1 aromatic carbocycles. The van der Waals surface area contributed by atoms with Gasteiger partial charge in [0.05, 0.1) is 16.6 Å². The maximum Gasteiger partial charge on any atom is 0.339 e. The van der Waals surface area contributed by atoms with E-state index in [1.54, 1.807) is 6.07 Å². The third kappa shape index (κ3) is 4.21. The molecule has 0 aliphatic rings. The van der Waals surface area contributed by atoms with Gasteiger partial charge in [-0.3, -0.25) is 4.79 Å². The molecule has 1 atom stereocenters. The van der Waals surface area contributed by atoms with E-state index in [-0.39, 0.29) is 34.6 Å². The largest absolute Gasteiger partial charge is 0.478 e. The number of aromatic carboxylic acids is 1. The number of halogens is 1. The summed E-state index contributed by atoms with van der Waals surface area (Å²) in [5.74, 6) is -1.49. The highest BCUT2D eigenvalue weighted by atomic mass is 35.5. The third-order valence-corrected chi connectivity index (χ3v) is 3.21. The Labute approximate surface area is 123 Å². The lowest BCUT2D eigenvalue weighted by Crippen LogP contribution is -2.31. The van der Waals surface area contributed by atoms with Gasteiger partial charge in [0.15, 0.2) is 0 Å². The van der Waals surface area contributed by atoms with Crippen LogP contribution in [0.4, 0.5) is 5.69 Å². The van der Waals surface area contributed by atoms with Crippen molar-refractivity contribution in [1.82, 2.24) is 0 Å². The van der Waals surface area contributed by atoms with Crippen molar-refractivity contribution in [3.63, 3.8) is 0 Å². The van der Waals surface area contributed by atoms with Gasteiger partial charge >= 0.3 is 5.97 Å². The number of carbonyl (C=O) groups is 2. The van der Waals surface area contributed by atoms with Crippen molar-refractivity contribution in [3.8, 4) is 0 Å². The molecule has 1 rings (SSSR count). The lowest BCUT2D eigenvalue weighted by atomic mass is 9.96. The molecule has 0 fully saturated rings. The van der Waals surface area contributed by atoms with Crippen molar-refractivity contribution in [2.45, 2.75) is 20.3 Å². The Balaban J connectivity index is 2.95. The molecule has 1 unspecified atom stereocenters. The maximum atomic E-state index is 12.1. The maximum absolute atomic E-state index is 12.1. The minimum Gasteiger partial charge on any atom is -0.478 e. The predicted octanol–water partition coefficient (Wildman–Crippen LogP) is 2.60. The van der Waals surface area contributed by atoms with Gasteiger partial charge in [0.2, 0.25) is 5.91 Å². The standard InChI is InChI=1S/C14H19ClN2O3/c1-8(2)6-9(7-16)13(18)17-11-5-3-4-10(15)12(11)14(19)20/h3-5,8-9H,6-7,16H2,1-2H3,(H,17,18)(H,19,20). The van der Waals surface area contributed by atoms with E-state index in [0.717, 1.165) is 0 Å². The highest BCUT2D eigenvalue weighted by Crippen LogP contribution is 2.25. The van der Waals surface area contributed by atoms with E-state index in [2.05, 4.69) is 5.32 Å². The molecule has 0 heterocycles. The topological polar surface area (TPSA) is 92.4 Å². The van der Waals surface area contributed by atoms with Crippen LogP contribution in [0.5, 0.6) is 0 Å². The van der Waals surface area contributed by atoms with Gasteiger partial charge in [-0.25, -0.2) is 4.79 Å². The molecular weight excluding hydrogens is 280 g/mol. The van der Waals surface area contributed by atoms with Crippen molar-refractivity contribution in [3.05, 3.63) is 28.8 Å². The van der Waals surface area contributed by atoms with E-state index in [4.69, 9.17) is 22.4 Å². The minimum absolute atomic E-state index is 0.0865. The Morgan fingerprint density at radius 1 is 1.40 bits per heavy atom. The van der Waals surface area contributed by atoms with Crippen LogP contribution < -0.4 is 11.1 Å². The second kappa shape index (κ2) is 7.26. The number of carboxylic acids is 1. The van der Waals surface area contributed by atoms with Gasteiger partial charge in [0.25, 0.3) is 0 Å². The first kappa shape index (κ1) is 16.5. The molecule has 4 N–H and O–H groups in total. The molecule has 0 aliphatic carbocycles. The quantitative estimate of drug-likeness (QED) is 0.752. The van der Waals surface area contributed by atoms with Crippen molar-refractivity contribution in [2.75, 3.05) is 11.9 Å². The predicted molar refractivity (Wildman–Crippen MR) is 79.0 cm³/mol. The van der Waals surface area contributed by atoms with Crippen LogP contribution in [0.1, 0.15) is 30.6 Å². The Morgan fingerprint density at radius 2 is 2.05 bits per heavy atom. The summed E-state index contributed by atoms with van der Waals surface area (Å²) in [6, 6.07) is 4.57. The number of benzene rings is 1. The second-order valence-corrected chi connectivity index (χ2v) is 5.43. The van der Waals surface area contributed by atoms with Crippen LogP contribution in [0.3, 0.4) is 0 Å². The van der Waals surface area contributed by atoms with Crippen molar-refractivity contribution in [2.24, 2.45) is 17.6 Å². The molecule has 0 bridgehead atoms. The molecule has 6 heteroatoms.